The van der Waals surface area contributed by atoms with Crippen LogP contribution in [0.3, 0.4) is 0 Å². The van der Waals surface area contributed by atoms with Crippen molar-refractivity contribution in [3.8, 4) is 5.69 Å². The Morgan fingerprint density at radius 2 is 1.96 bits per heavy atom. The number of hydrogen-bond acceptors (Lipinski definition) is 6. The molecule has 7 heteroatoms. The summed E-state index contributed by atoms with van der Waals surface area (Å²) < 4.78 is 7.08. The Hall–Kier alpha value is -2.41. The van der Waals surface area contributed by atoms with E-state index >= 15 is 0 Å². The minimum atomic E-state index is -0.489. The predicted octanol–water partition coefficient (Wildman–Crippen LogP) is 3.25. The Morgan fingerprint density at radius 3 is 2.67 bits per heavy atom. The number of carbonyl (C=O) groups is 1. The number of ether oxygens (including phenoxy) is 1. The van der Waals surface area contributed by atoms with Gasteiger partial charge in [-0.1, -0.05) is 30.0 Å². The Kier molecular flexibility index (Phi) is 4.53. The summed E-state index contributed by atoms with van der Waals surface area (Å²) in [5.74, 6) is -0.0744. The SMILES string of the molecule is CC(C)(C)OC(=O)CSc1ncnc2c1cnn2-c1ccccc1. The molecule has 0 N–H and O–H groups in total. The molecular weight excluding hydrogens is 324 g/mol. The van der Waals surface area contributed by atoms with E-state index in [-0.39, 0.29) is 11.7 Å². The van der Waals surface area contributed by atoms with Crippen LogP contribution in [0.4, 0.5) is 0 Å². The molecule has 0 aliphatic carbocycles. The lowest BCUT2D eigenvalue weighted by Crippen LogP contribution is -2.24. The van der Waals surface area contributed by atoms with E-state index in [0.717, 1.165) is 11.1 Å². The summed E-state index contributed by atoms with van der Waals surface area (Å²) in [5, 5.41) is 5.93. The molecule has 0 fully saturated rings. The van der Waals surface area contributed by atoms with Gasteiger partial charge in [-0.25, -0.2) is 14.6 Å². The van der Waals surface area contributed by atoms with E-state index < -0.39 is 5.60 Å². The number of rotatable bonds is 4. The van der Waals surface area contributed by atoms with Gasteiger partial charge in [-0.05, 0) is 32.9 Å². The van der Waals surface area contributed by atoms with E-state index in [1.54, 1.807) is 10.9 Å². The highest BCUT2D eigenvalue weighted by atomic mass is 32.2. The van der Waals surface area contributed by atoms with Crippen molar-refractivity contribution in [3.63, 3.8) is 0 Å². The third-order valence-corrected chi connectivity index (χ3v) is 4.06. The summed E-state index contributed by atoms with van der Waals surface area (Å²) >= 11 is 1.33. The van der Waals surface area contributed by atoms with E-state index in [9.17, 15) is 4.79 Å². The number of aromatic nitrogens is 4. The first-order chi connectivity index (χ1) is 11.4. The smallest absolute Gasteiger partial charge is 0.316 e. The third-order valence-electron chi connectivity index (χ3n) is 3.08. The molecule has 0 amide bonds. The van der Waals surface area contributed by atoms with Crippen molar-refractivity contribution in [1.82, 2.24) is 19.7 Å². The molecule has 0 aliphatic heterocycles. The number of para-hydroxylation sites is 1. The lowest BCUT2D eigenvalue weighted by molar-refractivity contribution is -0.151. The van der Waals surface area contributed by atoms with Crippen LogP contribution in [0.25, 0.3) is 16.7 Å². The summed E-state index contributed by atoms with van der Waals surface area (Å²) in [6, 6.07) is 9.76. The van der Waals surface area contributed by atoms with Crippen LogP contribution in [-0.2, 0) is 9.53 Å². The molecule has 0 bridgehead atoms. The van der Waals surface area contributed by atoms with Gasteiger partial charge in [0.2, 0.25) is 0 Å². The van der Waals surface area contributed by atoms with Crippen molar-refractivity contribution in [2.75, 3.05) is 5.75 Å². The van der Waals surface area contributed by atoms with Crippen molar-refractivity contribution < 1.29 is 9.53 Å². The molecule has 1 aromatic carbocycles. The molecule has 0 aliphatic rings. The lowest BCUT2D eigenvalue weighted by atomic mass is 10.2. The number of esters is 1. The van der Waals surface area contributed by atoms with Crippen LogP contribution >= 0.6 is 11.8 Å². The second-order valence-corrected chi connectivity index (χ2v) is 7.15. The van der Waals surface area contributed by atoms with Crippen LogP contribution in [0.5, 0.6) is 0 Å². The molecule has 0 saturated heterocycles. The van der Waals surface area contributed by atoms with Crippen LogP contribution in [0.15, 0.2) is 47.9 Å². The maximum absolute atomic E-state index is 11.9. The Labute approximate surface area is 144 Å². The molecule has 0 spiro atoms. The van der Waals surface area contributed by atoms with Crippen LogP contribution < -0.4 is 0 Å². The standard InChI is InChI=1S/C17H18N4O2S/c1-17(2,3)23-14(22)10-24-16-13-9-20-21(15(13)18-11-19-16)12-7-5-4-6-8-12/h4-9,11H,10H2,1-3H3. The van der Waals surface area contributed by atoms with Crippen LogP contribution in [0.1, 0.15) is 20.8 Å². The summed E-state index contributed by atoms with van der Waals surface area (Å²) in [6.07, 6.45) is 3.21. The van der Waals surface area contributed by atoms with E-state index in [1.165, 1.54) is 18.1 Å². The fourth-order valence-electron chi connectivity index (χ4n) is 2.19. The topological polar surface area (TPSA) is 69.9 Å². The Morgan fingerprint density at radius 1 is 1.21 bits per heavy atom. The maximum atomic E-state index is 11.9. The zero-order valence-electron chi connectivity index (χ0n) is 13.8. The van der Waals surface area contributed by atoms with Gasteiger partial charge >= 0.3 is 5.97 Å². The molecule has 0 atom stereocenters. The fourth-order valence-corrected chi connectivity index (χ4v) is 2.93. The van der Waals surface area contributed by atoms with Crippen molar-refractivity contribution >= 4 is 28.8 Å². The molecule has 0 radical (unpaired) electrons. The molecule has 3 rings (SSSR count). The molecular formula is C17H18N4O2S. The minimum absolute atomic E-state index is 0.194. The van der Waals surface area contributed by atoms with Gasteiger partial charge in [0.25, 0.3) is 0 Å². The number of benzene rings is 1. The summed E-state index contributed by atoms with van der Waals surface area (Å²) in [4.78, 5) is 20.5. The maximum Gasteiger partial charge on any atom is 0.316 e. The van der Waals surface area contributed by atoms with Gasteiger partial charge in [-0.15, -0.1) is 0 Å². The molecule has 24 heavy (non-hydrogen) atoms. The summed E-state index contributed by atoms with van der Waals surface area (Å²) in [6.45, 7) is 5.55. The van der Waals surface area contributed by atoms with Crippen molar-refractivity contribution in [2.45, 2.75) is 31.4 Å². The second kappa shape index (κ2) is 6.60. The quantitative estimate of drug-likeness (QED) is 0.412. The summed E-state index contributed by atoms with van der Waals surface area (Å²) in [7, 11) is 0. The monoisotopic (exact) mass is 342 g/mol. The minimum Gasteiger partial charge on any atom is -0.459 e. The second-order valence-electron chi connectivity index (χ2n) is 6.18. The Balaban J connectivity index is 1.83. The average molecular weight is 342 g/mol. The Bertz CT molecular complexity index is 856. The number of hydrogen-bond donors (Lipinski definition) is 0. The number of thioether (sulfide) groups is 1. The van der Waals surface area contributed by atoms with Gasteiger partial charge in [0, 0.05) is 0 Å². The highest BCUT2D eigenvalue weighted by molar-refractivity contribution is 8.00. The zero-order valence-corrected chi connectivity index (χ0v) is 14.6. The van der Waals surface area contributed by atoms with Gasteiger partial charge in [0.05, 0.1) is 23.0 Å². The van der Waals surface area contributed by atoms with E-state index in [0.29, 0.717) is 10.7 Å². The molecule has 2 heterocycles. The molecule has 2 aromatic heterocycles. The molecule has 124 valence electrons. The first-order valence-electron chi connectivity index (χ1n) is 7.53. The molecule has 0 saturated carbocycles. The zero-order chi connectivity index (χ0) is 17.2. The normalized spacial score (nSPS) is 11.6. The third kappa shape index (κ3) is 3.73. The lowest BCUT2D eigenvalue weighted by Gasteiger charge is -2.19. The number of nitrogens with zero attached hydrogens (tertiary/aromatic N) is 4. The van der Waals surface area contributed by atoms with E-state index in [1.807, 2.05) is 51.1 Å². The highest BCUT2D eigenvalue weighted by Gasteiger charge is 2.18. The van der Waals surface area contributed by atoms with Gasteiger partial charge in [-0.3, -0.25) is 4.79 Å². The first kappa shape index (κ1) is 16.4. The predicted molar refractivity (Wildman–Crippen MR) is 93.2 cm³/mol. The van der Waals surface area contributed by atoms with Crippen LogP contribution in [0, 0.1) is 0 Å². The number of carbonyl (C=O) groups excluding carboxylic acids is 1. The van der Waals surface area contributed by atoms with Crippen molar-refractivity contribution in [2.24, 2.45) is 0 Å². The van der Waals surface area contributed by atoms with Crippen LogP contribution in [-0.4, -0.2) is 37.1 Å². The molecule has 0 unspecified atom stereocenters. The summed E-state index contributed by atoms with van der Waals surface area (Å²) in [5.41, 5.74) is 1.15. The molecule has 3 aromatic rings. The average Bonchev–Trinajstić information content (AvgIpc) is 2.96. The van der Waals surface area contributed by atoms with Crippen molar-refractivity contribution in [3.05, 3.63) is 42.9 Å². The van der Waals surface area contributed by atoms with Crippen molar-refractivity contribution in [1.29, 1.82) is 0 Å². The molecule has 6 nitrogen and oxygen atoms in total. The van der Waals surface area contributed by atoms with Gasteiger partial charge in [0.15, 0.2) is 5.65 Å². The fraction of sp³-hybridized carbons (Fsp3) is 0.294. The van der Waals surface area contributed by atoms with Gasteiger partial charge in [0.1, 0.15) is 17.0 Å². The van der Waals surface area contributed by atoms with Gasteiger partial charge in [-0.2, -0.15) is 5.10 Å². The number of fused-ring (bicyclic) bond motifs is 1. The van der Waals surface area contributed by atoms with Gasteiger partial charge < -0.3 is 4.74 Å². The van der Waals surface area contributed by atoms with Crippen LogP contribution in [0.2, 0.25) is 0 Å². The van der Waals surface area contributed by atoms with E-state index in [2.05, 4.69) is 15.1 Å². The van der Waals surface area contributed by atoms with E-state index in [4.69, 9.17) is 4.74 Å². The largest absolute Gasteiger partial charge is 0.459 e. The first-order valence-corrected chi connectivity index (χ1v) is 8.51. The highest BCUT2D eigenvalue weighted by Crippen LogP contribution is 2.26.